The quantitative estimate of drug-likeness (QED) is 0.735. The van der Waals surface area contributed by atoms with Crippen molar-refractivity contribution in [2.45, 2.75) is 32.9 Å². The predicted molar refractivity (Wildman–Crippen MR) is 76.4 cm³/mol. The van der Waals surface area contributed by atoms with Gasteiger partial charge in [-0.15, -0.1) is 0 Å². The molecule has 0 heterocycles. The predicted octanol–water partition coefficient (Wildman–Crippen LogP) is 2.36. The van der Waals surface area contributed by atoms with Crippen LogP contribution in [0.5, 0.6) is 5.75 Å². The van der Waals surface area contributed by atoms with Gasteiger partial charge < -0.3 is 19.9 Å². The van der Waals surface area contributed by atoms with Gasteiger partial charge in [0.1, 0.15) is 12.4 Å². The van der Waals surface area contributed by atoms with Crippen LogP contribution in [0.15, 0.2) is 24.3 Å². The van der Waals surface area contributed by atoms with Crippen LogP contribution in [0, 0.1) is 0 Å². The largest absolute Gasteiger partial charge is 0.491 e. The van der Waals surface area contributed by atoms with E-state index in [1.165, 1.54) is 0 Å². The Labute approximate surface area is 115 Å². The Kier molecular flexibility index (Phi) is 6.84. The lowest BCUT2D eigenvalue weighted by Gasteiger charge is -2.19. The first-order valence-corrected chi connectivity index (χ1v) is 6.65. The molecule has 19 heavy (non-hydrogen) atoms. The van der Waals surface area contributed by atoms with Crippen molar-refractivity contribution in [3.05, 3.63) is 29.8 Å². The van der Waals surface area contributed by atoms with Crippen LogP contribution in [-0.4, -0.2) is 32.0 Å². The SMILES string of the molecule is CC(C)(C)OCCOCCOc1cccc(CN)c1. The lowest BCUT2D eigenvalue weighted by molar-refractivity contribution is -0.0375. The molecule has 0 aliphatic heterocycles. The molecule has 0 bridgehead atoms. The van der Waals surface area contributed by atoms with Crippen molar-refractivity contribution in [3.63, 3.8) is 0 Å². The molecule has 0 fully saturated rings. The summed E-state index contributed by atoms with van der Waals surface area (Å²) in [6, 6.07) is 7.79. The molecule has 1 aromatic carbocycles. The summed E-state index contributed by atoms with van der Waals surface area (Å²) in [4.78, 5) is 0. The Morgan fingerprint density at radius 1 is 1.05 bits per heavy atom. The third-order valence-electron chi connectivity index (χ3n) is 2.39. The van der Waals surface area contributed by atoms with Crippen LogP contribution in [-0.2, 0) is 16.0 Å². The molecule has 0 saturated heterocycles. The van der Waals surface area contributed by atoms with Gasteiger partial charge in [0.2, 0.25) is 0 Å². The average molecular weight is 267 g/mol. The third kappa shape index (κ3) is 7.82. The summed E-state index contributed by atoms with van der Waals surface area (Å²) < 4.78 is 16.6. The zero-order valence-corrected chi connectivity index (χ0v) is 12.1. The van der Waals surface area contributed by atoms with Crippen LogP contribution in [0.4, 0.5) is 0 Å². The van der Waals surface area contributed by atoms with Crippen molar-refractivity contribution in [1.29, 1.82) is 0 Å². The highest BCUT2D eigenvalue weighted by Crippen LogP contribution is 2.12. The Hall–Kier alpha value is -1.10. The van der Waals surface area contributed by atoms with E-state index in [9.17, 15) is 0 Å². The molecule has 0 unspecified atom stereocenters. The number of nitrogens with two attached hydrogens (primary N) is 1. The summed E-state index contributed by atoms with van der Waals surface area (Å²) in [6.45, 7) is 8.89. The van der Waals surface area contributed by atoms with Gasteiger partial charge in [-0.2, -0.15) is 0 Å². The molecule has 2 N–H and O–H groups in total. The van der Waals surface area contributed by atoms with E-state index in [1.54, 1.807) is 0 Å². The van der Waals surface area contributed by atoms with Gasteiger partial charge in [0, 0.05) is 6.54 Å². The monoisotopic (exact) mass is 267 g/mol. The second-order valence-electron chi connectivity index (χ2n) is 5.27. The third-order valence-corrected chi connectivity index (χ3v) is 2.39. The molecular formula is C15H25NO3. The molecule has 0 amide bonds. The van der Waals surface area contributed by atoms with Crippen molar-refractivity contribution < 1.29 is 14.2 Å². The van der Waals surface area contributed by atoms with Crippen LogP contribution in [0.25, 0.3) is 0 Å². The maximum Gasteiger partial charge on any atom is 0.119 e. The first kappa shape index (κ1) is 16.0. The molecule has 0 radical (unpaired) electrons. The first-order valence-electron chi connectivity index (χ1n) is 6.65. The Morgan fingerprint density at radius 2 is 1.79 bits per heavy atom. The highest BCUT2D eigenvalue weighted by Gasteiger charge is 2.08. The number of ether oxygens (including phenoxy) is 3. The minimum atomic E-state index is -0.109. The van der Waals surface area contributed by atoms with Crippen LogP contribution < -0.4 is 10.5 Å². The van der Waals surface area contributed by atoms with E-state index in [1.807, 2.05) is 45.0 Å². The van der Waals surface area contributed by atoms with E-state index < -0.39 is 0 Å². The van der Waals surface area contributed by atoms with Crippen LogP contribution in [0.3, 0.4) is 0 Å². The summed E-state index contributed by atoms with van der Waals surface area (Å²) >= 11 is 0. The molecule has 1 aromatic rings. The molecule has 0 aliphatic rings. The standard InChI is InChI=1S/C15H25NO3/c1-15(2,3)19-10-8-17-7-9-18-14-6-4-5-13(11-14)12-16/h4-6,11H,7-10,12,16H2,1-3H3. The van der Waals surface area contributed by atoms with E-state index >= 15 is 0 Å². The van der Waals surface area contributed by atoms with Crippen LogP contribution in [0.1, 0.15) is 26.3 Å². The molecule has 0 atom stereocenters. The minimum Gasteiger partial charge on any atom is -0.491 e. The fourth-order valence-corrected chi connectivity index (χ4v) is 1.49. The summed E-state index contributed by atoms with van der Waals surface area (Å²) in [5.41, 5.74) is 6.53. The van der Waals surface area contributed by atoms with E-state index in [2.05, 4.69) is 0 Å². The fraction of sp³-hybridized carbons (Fsp3) is 0.600. The number of rotatable bonds is 8. The van der Waals surface area contributed by atoms with Crippen molar-refractivity contribution in [2.75, 3.05) is 26.4 Å². The number of benzene rings is 1. The van der Waals surface area contributed by atoms with Crippen molar-refractivity contribution in [3.8, 4) is 5.75 Å². The molecule has 0 aromatic heterocycles. The number of hydrogen-bond acceptors (Lipinski definition) is 4. The summed E-state index contributed by atoms with van der Waals surface area (Å²) in [5, 5.41) is 0. The summed E-state index contributed by atoms with van der Waals surface area (Å²) in [5.74, 6) is 0.831. The number of hydrogen-bond donors (Lipinski definition) is 1. The van der Waals surface area contributed by atoms with Gasteiger partial charge in [0.15, 0.2) is 0 Å². The van der Waals surface area contributed by atoms with Crippen LogP contribution in [0.2, 0.25) is 0 Å². The summed E-state index contributed by atoms with van der Waals surface area (Å²) in [7, 11) is 0. The molecule has 4 nitrogen and oxygen atoms in total. The van der Waals surface area contributed by atoms with Crippen LogP contribution >= 0.6 is 0 Å². The van der Waals surface area contributed by atoms with Crippen molar-refractivity contribution in [2.24, 2.45) is 5.73 Å². The Balaban J connectivity index is 2.07. The molecule has 0 aliphatic carbocycles. The molecule has 1 rings (SSSR count). The van der Waals surface area contributed by atoms with Gasteiger partial charge in [0.25, 0.3) is 0 Å². The normalized spacial score (nSPS) is 11.6. The maximum absolute atomic E-state index is 5.57. The minimum absolute atomic E-state index is 0.109. The summed E-state index contributed by atoms with van der Waals surface area (Å²) in [6.07, 6.45) is 0. The van der Waals surface area contributed by atoms with E-state index in [-0.39, 0.29) is 5.60 Å². The molecule has 4 heteroatoms. The average Bonchev–Trinajstić information content (AvgIpc) is 2.36. The van der Waals surface area contributed by atoms with Gasteiger partial charge in [0.05, 0.1) is 25.4 Å². The lowest BCUT2D eigenvalue weighted by atomic mass is 10.2. The Bertz CT molecular complexity index is 361. The van der Waals surface area contributed by atoms with Gasteiger partial charge in [-0.25, -0.2) is 0 Å². The smallest absolute Gasteiger partial charge is 0.119 e. The highest BCUT2D eigenvalue weighted by molar-refractivity contribution is 5.28. The fourth-order valence-electron chi connectivity index (χ4n) is 1.49. The van der Waals surface area contributed by atoms with E-state index in [0.717, 1.165) is 11.3 Å². The second-order valence-corrected chi connectivity index (χ2v) is 5.27. The zero-order valence-electron chi connectivity index (χ0n) is 12.1. The van der Waals surface area contributed by atoms with Crippen molar-refractivity contribution in [1.82, 2.24) is 0 Å². The molecule has 108 valence electrons. The van der Waals surface area contributed by atoms with Gasteiger partial charge >= 0.3 is 0 Å². The highest BCUT2D eigenvalue weighted by atomic mass is 16.5. The maximum atomic E-state index is 5.57. The van der Waals surface area contributed by atoms with Gasteiger partial charge in [-0.1, -0.05) is 12.1 Å². The molecular weight excluding hydrogens is 242 g/mol. The molecule has 0 spiro atoms. The lowest BCUT2D eigenvalue weighted by Crippen LogP contribution is -2.22. The van der Waals surface area contributed by atoms with E-state index in [4.69, 9.17) is 19.9 Å². The Morgan fingerprint density at radius 3 is 2.47 bits per heavy atom. The topological polar surface area (TPSA) is 53.7 Å². The second kappa shape index (κ2) is 8.15. The van der Waals surface area contributed by atoms with Gasteiger partial charge in [-0.3, -0.25) is 0 Å². The zero-order chi connectivity index (χ0) is 14.1. The first-order chi connectivity index (χ1) is 9.01. The van der Waals surface area contributed by atoms with Gasteiger partial charge in [-0.05, 0) is 38.5 Å². The molecule has 0 saturated carbocycles. The van der Waals surface area contributed by atoms with E-state index in [0.29, 0.717) is 33.0 Å². The van der Waals surface area contributed by atoms with Crippen molar-refractivity contribution >= 4 is 0 Å².